The Bertz CT molecular complexity index is 639. The maximum absolute atomic E-state index is 12.5. The van der Waals surface area contributed by atoms with Gasteiger partial charge >= 0.3 is 6.09 Å². The van der Waals surface area contributed by atoms with Crippen molar-refractivity contribution >= 4 is 11.8 Å². The van der Waals surface area contributed by atoms with Crippen molar-refractivity contribution in [3.05, 3.63) is 29.3 Å². The maximum atomic E-state index is 12.5. The second kappa shape index (κ2) is 6.64. The van der Waals surface area contributed by atoms with Gasteiger partial charge in [-0.25, -0.2) is 4.79 Å². The molecule has 136 valence electrons. The van der Waals surface area contributed by atoms with Crippen LogP contribution < -0.4 is 5.32 Å². The van der Waals surface area contributed by atoms with Crippen LogP contribution in [0.4, 0.5) is 10.5 Å². The molecule has 1 aromatic carbocycles. The molecule has 25 heavy (non-hydrogen) atoms. The third-order valence-electron chi connectivity index (χ3n) is 6.61. The third kappa shape index (κ3) is 3.29. The first-order chi connectivity index (χ1) is 12.0. The first kappa shape index (κ1) is 16.9. The summed E-state index contributed by atoms with van der Waals surface area (Å²) in [6.45, 7) is 7.68. The lowest BCUT2D eigenvalue weighted by molar-refractivity contribution is -0.00871. The maximum Gasteiger partial charge on any atom is 0.411 e. The number of piperidine rings is 2. The highest BCUT2D eigenvalue weighted by molar-refractivity contribution is 5.85. The summed E-state index contributed by atoms with van der Waals surface area (Å²) in [5.74, 6) is 1.20. The van der Waals surface area contributed by atoms with Gasteiger partial charge in [0.05, 0.1) is 0 Å². The van der Waals surface area contributed by atoms with Crippen LogP contribution in [0.3, 0.4) is 0 Å². The minimum absolute atomic E-state index is 0.0754. The van der Waals surface area contributed by atoms with Crippen LogP contribution >= 0.6 is 0 Å². The van der Waals surface area contributed by atoms with Crippen molar-refractivity contribution in [2.24, 2.45) is 11.8 Å². The zero-order valence-corrected chi connectivity index (χ0v) is 15.6. The fourth-order valence-corrected chi connectivity index (χ4v) is 5.55. The van der Waals surface area contributed by atoms with Gasteiger partial charge in [-0.3, -0.25) is 10.2 Å². The number of hydrogen-bond acceptors (Lipinski definition) is 3. The molecule has 4 heteroatoms. The number of carbonyl (C=O) groups is 1. The van der Waals surface area contributed by atoms with E-state index in [1.165, 1.54) is 32.2 Å². The molecule has 1 saturated carbocycles. The van der Waals surface area contributed by atoms with E-state index in [0.29, 0.717) is 23.9 Å². The molecule has 1 N–H and O–H groups in total. The van der Waals surface area contributed by atoms with Gasteiger partial charge in [0.2, 0.25) is 0 Å². The number of anilines is 1. The molecule has 4 nitrogen and oxygen atoms in total. The average molecular weight is 342 g/mol. The molecule has 5 atom stereocenters. The van der Waals surface area contributed by atoms with Gasteiger partial charge in [-0.05, 0) is 82.2 Å². The van der Waals surface area contributed by atoms with Crippen molar-refractivity contribution in [1.82, 2.24) is 4.90 Å². The van der Waals surface area contributed by atoms with E-state index in [9.17, 15) is 4.79 Å². The molecule has 1 amide bonds. The number of benzene rings is 1. The van der Waals surface area contributed by atoms with Gasteiger partial charge in [-0.2, -0.15) is 0 Å². The Morgan fingerprint density at radius 2 is 1.92 bits per heavy atom. The van der Waals surface area contributed by atoms with Crippen LogP contribution in [0, 0.1) is 25.7 Å². The molecule has 4 rings (SSSR count). The van der Waals surface area contributed by atoms with Gasteiger partial charge in [0.25, 0.3) is 0 Å². The van der Waals surface area contributed by atoms with Gasteiger partial charge in [0, 0.05) is 23.7 Å². The molecule has 3 aliphatic rings. The molecule has 0 radical (unpaired) electrons. The predicted molar refractivity (Wildman–Crippen MR) is 99.8 cm³/mol. The number of nitrogens with zero attached hydrogens (tertiary/aromatic N) is 1. The summed E-state index contributed by atoms with van der Waals surface area (Å²) in [6.07, 6.45) is 5.93. The highest BCUT2D eigenvalue weighted by atomic mass is 16.6. The molecular weight excluding hydrogens is 312 g/mol. The predicted octanol–water partition coefficient (Wildman–Crippen LogP) is 4.50. The minimum Gasteiger partial charge on any atom is -0.446 e. The number of nitrogens with one attached hydrogen (secondary N) is 1. The van der Waals surface area contributed by atoms with E-state index in [4.69, 9.17) is 4.74 Å². The monoisotopic (exact) mass is 342 g/mol. The van der Waals surface area contributed by atoms with E-state index in [-0.39, 0.29) is 12.2 Å². The number of fused-ring (bicyclic) bond motifs is 4. The third-order valence-corrected chi connectivity index (χ3v) is 6.61. The van der Waals surface area contributed by atoms with Crippen LogP contribution in [0.5, 0.6) is 0 Å². The SMILES string of the molecule is Cc1cc(C)cc(NC(=O)OC2CC3CC2[C@H]2CCCCN2[C@H]3C)c1. The Kier molecular flexibility index (Phi) is 4.48. The fraction of sp³-hybridized carbons (Fsp3) is 0.667. The summed E-state index contributed by atoms with van der Waals surface area (Å²) in [4.78, 5) is 15.2. The minimum atomic E-state index is -0.294. The van der Waals surface area contributed by atoms with Crippen LogP contribution in [-0.2, 0) is 4.74 Å². The van der Waals surface area contributed by atoms with E-state index >= 15 is 0 Å². The topological polar surface area (TPSA) is 41.6 Å². The van der Waals surface area contributed by atoms with Gasteiger partial charge in [0.1, 0.15) is 6.10 Å². The number of amides is 1. The average Bonchev–Trinajstić information content (AvgIpc) is 2.92. The van der Waals surface area contributed by atoms with E-state index in [1.54, 1.807) is 0 Å². The Morgan fingerprint density at radius 3 is 2.68 bits per heavy atom. The summed E-state index contributed by atoms with van der Waals surface area (Å²) in [5, 5.41) is 2.94. The Hall–Kier alpha value is -1.55. The lowest BCUT2D eigenvalue weighted by Gasteiger charge is -2.47. The molecule has 2 saturated heterocycles. The second-order valence-corrected chi connectivity index (χ2v) is 8.38. The smallest absolute Gasteiger partial charge is 0.411 e. The molecule has 2 heterocycles. The van der Waals surface area contributed by atoms with Gasteiger partial charge < -0.3 is 4.74 Å². The number of rotatable bonds is 2. The van der Waals surface area contributed by atoms with Crippen LogP contribution in [-0.4, -0.2) is 35.7 Å². The van der Waals surface area contributed by atoms with Crippen molar-refractivity contribution in [1.29, 1.82) is 0 Å². The van der Waals surface area contributed by atoms with Crippen molar-refractivity contribution in [3.63, 3.8) is 0 Å². The first-order valence-corrected chi connectivity index (χ1v) is 9.83. The quantitative estimate of drug-likeness (QED) is 0.860. The summed E-state index contributed by atoms with van der Waals surface area (Å²) >= 11 is 0. The highest BCUT2D eigenvalue weighted by Crippen LogP contribution is 2.48. The molecule has 1 aliphatic carbocycles. The summed E-state index contributed by atoms with van der Waals surface area (Å²) in [6, 6.07) is 7.34. The lowest BCUT2D eigenvalue weighted by Crippen LogP contribution is -2.54. The lowest BCUT2D eigenvalue weighted by atomic mass is 9.81. The Labute approximate surface area is 150 Å². The molecule has 2 aliphatic heterocycles. The summed E-state index contributed by atoms with van der Waals surface area (Å²) in [7, 11) is 0. The summed E-state index contributed by atoms with van der Waals surface area (Å²) < 4.78 is 5.93. The van der Waals surface area contributed by atoms with Crippen molar-refractivity contribution < 1.29 is 9.53 Å². The zero-order valence-electron chi connectivity index (χ0n) is 15.6. The molecule has 0 aromatic heterocycles. The Morgan fingerprint density at radius 1 is 1.16 bits per heavy atom. The standard InChI is InChI=1S/C21H30N2O2/c1-13-8-14(2)10-17(9-13)22-21(24)25-20-12-16-11-18(20)19-6-4-5-7-23(19)15(16)3/h8-10,15-16,18-20H,4-7,11-12H2,1-3H3,(H,22,24)/t15-,16?,18?,19+,20?/m0/s1. The van der Waals surface area contributed by atoms with E-state index in [2.05, 4.69) is 23.2 Å². The van der Waals surface area contributed by atoms with E-state index < -0.39 is 0 Å². The van der Waals surface area contributed by atoms with Crippen molar-refractivity contribution in [2.45, 2.75) is 71.1 Å². The Balaban J connectivity index is 1.43. The van der Waals surface area contributed by atoms with Crippen molar-refractivity contribution in [2.75, 3.05) is 11.9 Å². The molecule has 3 fully saturated rings. The van der Waals surface area contributed by atoms with Gasteiger partial charge in [-0.15, -0.1) is 0 Å². The number of aryl methyl sites for hydroxylation is 2. The van der Waals surface area contributed by atoms with Crippen molar-refractivity contribution in [3.8, 4) is 0 Å². The highest BCUT2D eigenvalue weighted by Gasteiger charge is 2.51. The molecular formula is C21H30N2O2. The van der Waals surface area contributed by atoms with Gasteiger partial charge in [-0.1, -0.05) is 12.5 Å². The number of hydrogen-bond donors (Lipinski definition) is 1. The second-order valence-electron chi connectivity index (χ2n) is 8.38. The van der Waals surface area contributed by atoms with Crippen LogP contribution in [0.25, 0.3) is 0 Å². The molecule has 3 unspecified atom stereocenters. The zero-order chi connectivity index (χ0) is 17.6. The van der Waals surface area contributed by atoms with Gasteiger partial charge in [0.15, 0.2) is 0 Å². The van der Waals surface area contributed by atoms with E-state index in [0.717, 1.165) is 23.2 Å². The largest absolute Gasteiger partial charge is 0.446 e. The molecule has 1 aromatic rings. The first-order valence-electron chi connectivity index (χ1n) is 9.83. The number of ether oxygens (including phenoxy) is 1. The van der Waals surface area contributed by atoms with E-state index in [1.807, 2.05) is 26.0 Å². The van der Waals surface area contributed by atoms with Crippen LogP contribution in [0.2, 0.25) is 0 Å². The molecule has 2 bridgehead atoms. The molecule has 0 spiro atoms. The van der Waals surface area contributed by atoms with Crippen LogP contribution in [0.15, 0.2) is 18.2 Å². The van der Waals surface area contributed by atoms with Crippen LogP contribution in [0.1, 0.15) is 50.2 Å². The summed E-state index contributed by atoms with van der Waals surface area (Å²) in [5.41, 5.74) is 3.13. The number of carbonyl (C=O) groups excluding carboxylic acids is 1. The normalized spacial score (nSPS) is 34.4. The fourth-order valence-electron chi connectivity index (χ4n) is 5.55.